The summed E-state index contributed by atoms with van der Waals surface area (Å²) in [5, 5.41) is 0. The van der Waals surface area contributed by atoms with Crippen LogP contribution in [0.25, 0.3) is 0 Å². The molecule has 4 heteroatoms. The molecule has 1 aromatic heterocycles. The number of ether oxygens (including phenoxy) is 1. The van der Waals surface area contributed by atoms with Gasteiger partial charge >= 0.3 is 0 Å². The lowest BCUT2D eigenvalue weighted by Crippen LogP contribution is -2.11. The highest BCUT2D eigenvalue weighted by atomic mass is 16.5. The van der Waals surface area contributed by atoms with Crippen LogP contribution in [0.2, 0.25) is 0 Å². The van der Waals surface area contributed by atoms with Gasteiger partial charge in [0.2, 0.25) is 5.78 Å². The van der Waals surface area contributed by atoms with E-state index in [1.54, 1.807) is 17.1 Å². The van der Waals surface area contributed by atoms with Crippen LogP contribution in [0, 0.1) is 0 Å². The Morgan fingerprint density at radius 3 is 3.07 bits per heavy atom. The lowest BCUT2D eigenvalue weighted by molar-refractivity contribution is 0.0894. The van der Waals surface area contributed by atoms with Crippen molar-refractivity contribution in [1.82, 2.24) is 9.55 Å². The lowest BCUT2D eigenvalue weighted by Gasteiger charge is -2.12. The Bertz CT molecular complexity index is 379. The highest BCUT2D eigenvalue weighted by Crippen LogP contribution is 2.14. The first-order chi connectivity index (χ1) is 6.77. The Morgan fingerprint density at radius 2 is 2.50 bits per heavy atom. The van der Waals surface area contributed by atoms with E-state index in [-0.39, 0.29) is 5.78 Å². The van der Waals surface area contributed by atoms with Gasteiger partial charge in [0.1, 0.15) is 5.69 Å². The zero-order chi connectivity index (χ0) is 9.97. The molecule has 0 N–H and O–H groups in total. The van der Waals surface area contributed by atoms with Crippen LogP contribution in [-0.4, -0.2) is 21.9 Å². The third-order valence-corrected chi connectivity index (χ3v) is 2.10. The molecule has 0 aromatic carbocycles. The van der Waals surface area contributed by atoms with E-state index < -0.39 is 0 Å². The Kier molecular flexibility index (Phi) is 2.35. The Hall–Kier alpha value is -1.58. The summed E-state index contributed by atoms with van der Waals surface area (Å²) in [6.45, 7) is 0.629. The predicted molar refractivity (Wildman–Crippen MR) is 50.8 cm³/mol. The molecule has 0 amide bonds. The third kappa shape index (κ3) is 1.69. The van der Waals surface area contributed by atoms with E-state index in [4.69, 9.17) is 4.74 Å². The molecule has 0 atom stereocenters. The number of ketones is 1. The summed E-state index contributed by atoms with van der Waals surface area (Å²) in [6, 6.07) is 0. The van der Waals surface area contributed by atoms with Crippen molar-refractivity contribution >= 4 is 5.78 Å². The SMILES string of the molecule is Cn1cnc(C(=O)C2=CCCCO2)c1. The smallest absolute Gasteiger partial charge is 0.247 e. The van der Waals surface area contributed by atoms with Crippen LogP contribution in [0.4, 0.5) is 0 Å². The second-order valence-electron chi connectivity index (χ2n) is 3.31. The summed E-state index contributed by atoms with van der Waals surface area (Å²) >= 11 is 0. The average molecular weight is 192 g/mol. The zero-order valence-corrected chi connectivity index (χ0v) is 8.06. The minimum absolute atomic E-state index is 0.120. The first-order valence-corrected chi connectivity index (χ1v) is 4.63. The maximum atomic E-state index is 11.7. The summed E-state index contributed by atoms with van der Waals surface area (Å²) in [6.07, 6.45) is 7.03. The topological polar surface area (TPSA) is 44.1 Å². The van der Waals surface area contributed by atoms with Gasteiger partial charge in [0.25, 0.3) is 0 Å². The summed E-state index contributed by atoms with van der Waals surface area (Å²) in [7, 11) is 1.83. The minimum Gasteiger partial charge on any atom is -0.490 e. The molecule has 0 radical (unpaired) electrons. The van der Waals surface area contributed by atoms with Crippen molar-refractivity contribution < 1.29 is 9.53 Å². The predicted octanol–water partition coefficient (Wildman–Crippen LogP) is 1.30. The van der Waals surface area contributed by atoms with Crippen LogP contribution in [0.15, 0.2) is 24.4 Å². The molecule has 0 saturated heterocycles. The highest BCUT2D eigenvalue weighted by Gasteiger charge is 2.17. The van der Waals surface area contributed by atoms with Crippen LogP contribution in [-0.2, 0) is 11.8 Å². The van der Waals surface area contributed by atoms with Gasteiger partial charge in [-0.05, 0) is 18.9 Å². The van der Waals surface area contributed by atoms with Crippen molar-refractivity contribution in [2.24, 2.45) is 7.05 Å². The summed E-state index contributed by atoms with van der Waals surface area (Å²) < 4.78 is 7.01. The standard InChI is InChI=1S/C10H12N2O2/c1-12-6-8(11-7-12)10(13)9-4-2-3-5-14-9/h4,6-7H,2-3,5H2,1H3. The second kappa shape index (κ2) is 3.65. The number of aryl methyl sites for hydroxylation is 1. The van der Waals surface area contributed by atoms with Gasteiger partial charge in [0.15, 0.2) is 5.76 Å². The molecule has 14 heavy (non-hydrogen) atoms. The van der Waals surface area contributed by atoms with Gasteiger partial charge in [0, 0.05) is 13.2 Å². The Balaban J connectivity index is 2.19. The average Bonchev–Trinajstić information content (AvgIpc) is 2.65. The molecule has 1 aliphatic heterocycles. The van der Waals surface area contributed by atoms with E-state index in [9.17, 15) is 4.79 Å². The Labute approximate surface area is 82.2 Å². The van der Waals surface area contributed by atoms with Gasteiger partial charge in [-0.15, -0.1) is 0 Å². The second-order valence-corrected chi connectivity index (χ2v) is 3.31. The van der Waals surface area contributed by atoms with Gasteiger partial charge < -0.3 is 9.30 Å². The van der Waals surface area contributed by atoms with Gasteiger partial charge in [-0.25, -0.2) is 4.98 Å². The number of aromatic nitrogens is 2. The monoisotopic (exact) mass is 192 g/mol. The summed E-state index contributed by atoms with van der Waals surface area (Å²) in [5.41, 5.74) is 0.445. The third-order valence-electron chi connectivity index (χ3n) is 2.10. The zero-order valence-electron chi connectivity index (χ0n) is 8.06. The first-order valence-electron chi connectivity index (χ1n) is 4.63. The van der Waals surface area contributed by atoms with Crippen molar-refractivity contribution in [2.45, 2.75) is 12.8 Å². The van der Waals surface area contributed by atoms with Gasteiger partial charge in [-0.3, -0.25) is 4.79 Å². The molecule has 0 saturated carbocycles. The molecule has 1 aromatic rings. The number of hydrogen-bond donors (Lipinski definition) is 0. The molecule has 1 aliphatic rings. The van der Waals surface area contributed by atoms with Crippen LogP contribution in [0.3, 0.4) is 0 Å². The molecule has 0 spiro atoms. The molecular formula is C10H12N2O2. The first kappa shape index (κ1) is 8.99. The van der Waals surface area contributed by atoms with Crippen molar-refractivity contribution in [3.8, 4) is 0 Å². The number of nitrogens with zero attached hydrogens (tertiary/aromatic N) is 2. The van der Waals surface area contributed by atoms with Crippen molar-refractivity contribution in [2.75, 3.05) is 6.61 Å². The fraction of sp³-hybridized carbons (Fsp3) is 0.400. The molecule has 74 valence electrons. The maximum Gasteiger partial charge on any atom is 0.247 e. The van der Waals surface area contributed by atoms with Crippen LogP contribution < -0.4 is 0 Å². The number of Topliss-reactive ketones (excluding diaryl/α,β-unsaturated/α-hetero) is 1. The number of rotatable bonds is 2. The number of hydrogen-bond acceptors (Lipinski definition) is 3. The minimum atomic E-state index is -0.120. The maximum absolute atomic E-state index is 11.7. The molecule has 2 rings (SSSR count). The summed E-state index contributed by atoms with van der Waals surface area (Å²) in [5.74, 6) is 0.320. The summed E-state index contributed by atoms with van der Waals surface area (Å²) in [4.78, 5) is 15.7. The molecule has 4 nitrogen and oxygen atoms in total. The fourth-order valence-corrected chi connectivity index (χ4v) is 1.37. The van der Waals surface area contributed by atoms with Gasteiger partial charge in [0.05, 0.1) is 12.9 Å². The van der Waals surface area contributed by atoms with E-state index >= 15 is 0 Å². The molecule has 0 bridgehead atoms. The van der Waals surface area contributed by atoms with E-state index in [0.717, 1.165) is 12.8 Å². The van der Waals surface area contributed by atoms with Crippen LogP contribution in [0.5, 0.6) is 0 Å². The van der Waals surface area contributed by atoms with Crippen LogP contribution in [0.1, 0.15) is 23.3 Å². The number of imidazole rings is 1. The molecular weight excluding hydrogens is 180 g/mol. The molecule has 0 fully saturated rings. The van der Waals surface area contributed by atoms with Crippen molar-refractivity contribution in [3.05, 3.63) is 30.1 Å². The van der Waals surface area contributed by atoms with Crippen molar-refractivity contribution in [3.63, 3.8) is 0 Å². The van der Waals surface area contributed by atoms with Crippen molar-refractivity contribution in [1.29, 1.82) is 0 Å². The molecule has 2 heterocycles. The fourth-order valence-electron chi connectivity index (χ4n) is 1.37. The highest BCUT2D eigenvalue weighted by molar-refractivity contribution is 6.05. The number of allylic oxidation sites excluding steroid dienone is 2. The largest absolute Gasteiger partial charge is 0.490 e. The quantitative estimate of drug-likeness (QED) is 0.663. The van der Waals surface area contributed by atoms with Gasteiger partial charge in [-0.1, -0.05) is 0 Å². The van der Waals surface area contributed by atoms with Gasteiger partial charge in [-0.2, -0.15) is 0 Å². The Morgan fingerprint density at radius 1 is 1.64 bits per heavy atom. The normalized spacial score (nSPS) is 15.9. The van der Waals surface area contributed by atoms with E-state index in [0.29, 0.717) is 18.1 Å². The van der Waals surface area contributed by atoms with Crippen LogP contribution >= 0.6 is 0 Å². The van der Waals surface area contributed by atoms with E-state index in [2.05, 4.69) is 4.98 Å². The molecule has 0 aliphatic carbocycles. The van der Waals surface area contributed by atoms with E-state index in [1.807, 2.05) is 13.1 Å². The lowest BCUT2D eigenvalue weighted by atomic mass is 10.2. The molecule has 0 unspecified atom stereocenters. The number of carbonyl (C=O) groups excluding carboxylic acids is 1. The van der Waals surface area contributed by atoms with E-state index in [1.165, 1.54) is 0 Å². The number of carbonyl (C=O) groups is 1.